The quantitative estimate of drug-likeness (QED) is 0.747. The minimum absolute atomic E-state index is 0.646. The van der Waals surface area contributed by atoms with Gasteiger partial charge in [-0.1, -0.05) is 48.5 Å². The maximum absolute atomic E-state index is 5.76. The Hall–Kier alpha value is -2.81. The Labute approximate surface area is 118 Å². The van der Waals surface area contributed by atoms with Gasteiger partial charge in [0.1, 0.15) is 0 Å². The van der Waals surface area contributed by atoms with Crippen LogP contribution < -0.4 is 11.1 Å². The molecular formula is C17H15N3. The molecule has 3 aromatic rings. The van der Waals surface area contributed by atoms with E-state index >= 15 is 0 Å². The fourth-order valence-electron chi connectivity index (χ4n) is 2.14. The fourth-order valence-corrected chi connectivity index (χ4v) is 2.14. The van der Waals surface area contributed by atoms with Gasteiger partial charge < -0.3 is 11.1 Å². The Morgan fingerprint density at radius 3 is 2.40 bits per heavy atom. The van der Waals surface area contributed by atoms with Crippen molar-refractivity contribution in [3.8, 4) is 11.1 Å². The van der Waals surface area contributed by atoms with Crippen molar-refractivity contribution in [2.75, 3.05) is 11.1 Å². The molecule has 0 saturated heterocycles. The molecule has 0 aliphatic rings. The first-order chi connectivity index (χ1) is 9.83. The van der Waals surface area contributed by atoms with Gasteiger partial charge in [-0.15, -0.1) is 0 Å². The summed E-state index contributed by atoms with van der Waals surface area (Å²) in [6.45, 7) is 0. The van der Waals surface area contributed by atoms with Crippen molar-refractivity contribution in [2.24, 2.45) is 0 Å². The molecule has 0 atom stereocenters. The summed E-state index contributed by atoms with van der Waals surface area (Å²) < 4.78 is 0. The molecule has 20 heavy (non-hydrogen) atoms. The zero-order valence-corrected chi connectivity index (χ0v) is 11.0. The molecule has 0 aliphatic heterocycles. The van der Waals surface area contributed by atoms with Crippen molar-refractivity contribution >= 4 is 17.1 Å². The van der Waals surface area contributed by atoms with E-state index in [9.17, 15) is 0 Å². The molecule has 3 heteroatoms. The molecule has 3 nitrogen and oxygen atoms in total. The molecule has 0 fully saturated rings. The van der Waals surface area contributed by atoms with E-state index in [1.807, 2.05) is 42.5 Å². The SMILES string of the molecule is Nc1cncc(Nc2ccccc2-c2ccccc2)c1. The normalized spacial score (nSPS) is 10.2. The van der Waals surface area contributed by atoms with Gasteiger partial charge in [-0.25, -0.2) is 0 Å². The first kappa shape index (κ1) is 12.2. The van der Waals surface area contributed by atoms with Gasteiger partial charge >= 0.3 is 0 Å². The van der Waals surface area contributed by atoms with Crippen molar-refractivity contribution in [2.45, 2.75) is 0 Å². The molecule has 0 saturated carbocycles. The molecule has 98 valence electrons. The lowest BCUT2D eigenvalue weighted by Crippen LogP contribution is -1.95. The van der Waals surface area contributed by atoms with Gasteiger partial charge in [-0.05, 0) is 17.7 Å². The van der Waals surface area contributed by atoms with Crippen molar-refractivity contribution in [1.82, 2.24) is 4.98 Å². The summed E-state index contributed by atoms with van der Waals surface area (Å²) in [5, 5.41) is 3.37. The molecule has 0 aliphatic carbocycles. The largest absolute Gasteiger partial charge is 0.397 e. The first-order valence-corrected chi connectivity index (χ1v) is 6.45. The van der Waals surface area contributed by atoms with Gasteiger partial charge in [0, 0.05) is 17.4 Å². The van der Waals surface area contributed by atoms with Crippen LogP contribution in [0.25, 0.3) is 11.1 Å². The van der Waals surface area contributed by atoms with Gasteiger partial charge in [-0.2, -0.15) is 0 Å². The highest BCUT2D eigenvalue weighted by atomic mass is 14.9. The second-order valence-electron chi connectivity index (χ2n) is 4.54. The lowest BCUT2D eigenvalue weighted by molar-refractivity contribution is 1.32. The predicted molar refractivity (Wildman–Crippen MR) is 83.8 cm³/mol. The van der Waals surface area contributed by atoms with E-state index in [1.165, 1.54) is 5.56 Å². The Morgan fingerprint density at radius 1 is 0.850 bits per heavy atom. The monoisotopic (exact) mass is 261 g/mol. The summed E-state index contributed by atoms with van der Waals surface area (Å²) in [5.74, 6) is 0. The highest BCUT2D eigenvalue weighted by molar-refractivity contribution is 5.81. The average Bonchev–Trinajstić information content (AvgIpc) is 2.49. The number of pyridine rings is 1. The second kappa shape index (κ2) is 5.45. The molecule has 0 bridgehead atoms. The van der Waals surface area contributed by atoms with Gasteiger partial charge in [0.2, 0.25) is 0 Å². The molecule has 1 aromatic heterocycles. The summed E-state index contributed by atoms with van der Waals surface area (Å²) in [4.78, 5) is 4.10. The van der Waals surface area contributed by atoms with Crippen LogP contribution in [-0.4, -0.2) is 4.98 Å². The van der Waals surface area contributed by atoms with Crippen LogP contribution in [0.3, 0.4) is 0 Å². The van der Waals surface area contributed by atoms with Crippen LogP contribution in [0.1, 0.15) is 0 Å². The van der Waals surface area contributed by atoms with Crippen molar-refractivity contribution in [3.63, 3.8) is 0 Å². The predicted octanol–water partition coefficient (Wildman–Crippen LogP) is 4.07. The van der Waals surface area contributed by atoms with E-state index < -0.39 is 0 Å². The van der Waals surface area contributed by atoms with Crippen LogP contribution in [0.2, 0.25) is 0 Å². The summed E-state index contributed by atoms with van der Waals surface area (Å²) in [6.07, 6.45) is 3.40. The van der Waals surface area contributed by atoms with Crippen LogP contribution in [-0.2, 0) is 0 Å². The van der Waals surface area contributed by atoms with Crippen LogP contribution in [0.15, 0.2) is 73.1 Å². The zero-order chi connectivity index (χ0) is 13.8. The number of nitrogens with one attached hydrogen (secondary N) is 1. The van der Waals surface area contributed by atoms with Gasteiger partial charge in [0.25, 0.3) is 0 Å². The topological polar surface area (TPSA) is 50.9 Å². The molecule has 2 aromatic carbocycles. The summed E-state index contributed by atoms with van der Waals surface area (Å²) >= 11 is 0. The average molecular weight is 261 g/mol. The third kappa shape index (κ3) is 2.62. The lowest BCUT2D eigenvalue weighted by atomic mass is 10.0. The molecule has 0 radical (unpaired) electrons. The highest BCUT2D eigenvalue weighted by Crippen LogP contribution is 2.30. The highest BCUT2D eigenvalue weighted by Gasteiger charge is 2.04. The number of hydrogen-bond acceptors (Lipinski definition) is 3. The maximum atomic E-state index is 5.76. The van der Waals surface area contributed by atoms with E-state index in [1.54, 1.807) is 12.4 Å². The van der Waals surface area contributed by atoms with E-state index in [0.29, 0.717) is 5.69 Å². The number of nitrogen functional groups attached to an aromatic ring is 1. The number of hydrogen-bond donors (Lipinski definition) is 2. The minimum atomic E-state index is 0.646. The summed E-state index contributed by atoms with van der Waals surface area (Å²) in [6, 6.07) is 20.3. The zero-order valence-electron chi connectivity index (χ0n) is 11.0. The van der Waals surface area contributed by atoms with E-state index in [-0.39, 0.29) is 0 Å². The number of rotatable bonds is 3. The van der Waals surface area contributed by atoms with E-state index in [0.717, 1.165) is 16.9 Å². The van der Waals surface area contributed by atoms with Crippen molar-refractivity contribution < 1.29 is 0 Å². The minimum Gasteiger partial charge on any atom is -0.397 e. The van der Waals surface area contributed by atoms with Crippen LogP contribution in [0, 0.1) is 0 Å². The number of anilines is 3. The second-order valence-corrected chi connectivity index (χ2v) is 4.54. The van der Waals surface area contributed by atoms with Crippen molar-refractivity contribution in [3.05, 3.63) is 73.1 Å². The Bertz CT molecular complexity index is 708. The standard InChI is InChI=1S/C17H15N3/c18-14-10-15(12-19-11-14)20-17-9-5-4-8-16(17)13-6-2-1-3-7-13/h1-12,20H,18H2. The van der Waals surface area contributed by atoms with Crippen LogP contribution in [0.5, 0.6) is 0 Å². The molecule has 3 N–H and O–H groups in total. The number of benzene rings is 2. The smallest absolute Gasteiger partial charge is 0.0591 e. The number of nitrogens with zero attached hydrogens (tertiary/aromatic N) is 1. The first-order valence-electron chi connectivity index (χ1n) is 6.45. The molecule has 3 rings (SSSR count). The van der Waals surface area contributed by atoms with Gasteiger partial charge in [0.15, 0.2) is 0 Å². The number of para-hydroxylation sites is 1. The summed E-state index contributed by atoms with van der Waals surface area (Å²) in [7, 11) is 0. The summed E-state index contributed by atoms with van der Waals surface area (Å²) in [5.41, 5.74) is 10.6. The van der Waals surface area contributed by atoms with E-state index in [4.69, 9.17) is 5.73 Å². The maximum Gasteiger partial charge on any atom is 0.0591 e. The molecule has 0 spiro atoms. The third-order valence-electron chi connectivity index (χ3n) is 3.05. The van der Waals surface area contributed by atoms with Gasteiger partial charge in [0.05, 0.1) is 17.6 Å². The Balaban J connectivity index is 1.99. The van der Waals surface area contributed by atoms with Crippen molar-refractivity contribution in [1.29, 1.82) is 0 Å². The fraction of sp³-hybridized carbons (Fsp3) is 0. The van der Waals surface area contributed by atoms with Crippen LogP contribution in [0.4, 0.5) is 17.1 Å². The molecule has 0 unspecified atom stereocenters. The Kier molecular flexibility index (Phi) is 3.33. The lowest BCUT2D eigenvalue weighted by Gasteiger charge is -2.12. The van der Waals surface area contributed by atoms with Crippen LogP contribution >= 0.6 is 0 Å². The Morgan fingerprint density at radius 2 is 1.60 bits per heavy atom. The molecular weight excluding hydrogens is 246 g/mol. The molecule has 0 amide bonds. The van der Waals surface area contributed by atoms with E-state index in [2.05, 4.69) is 28.5 Å². The molecule has 1 heterocycles. The van der Waals surface area contributed by atoms with Gasteiger partial charge in [-0.3, -0.25) is 4.98 Å². The third-order valence-corrected chi connectivity index (χ3v) is 3.05. The number of nitrogens with two attached hydrogens (primary N) is 1. The number of aromatic nitrogens is 1.